The summed E-state index contributed by atoms with van der Waals surface area (Å²) in [6.07, 6.45) is 0. The molecule has 0 saturated heterocycles. The second-order valence-corrected chi connectivity index (χ2v) is 2.21. The lowest BCUT2D eigenvalue weighted by atomic mass is 11.0. The van der Waals surface area contributed by atoms with Crippen molar-refractivity contribution in [2.75, 3.05) is 0 Å². The summed E-state index contributed by atoms with van der Waals surface area (Å²) in [6.45, 7) is 0. The fourth-order valence-electron chi connectivity index (χ4n) is 0.226. The number of H-pyrrole nitrogens is 2. The highest BCUT2D eigenvalue weighted by Crippen LogP contribution is 1.73. The van der Waals surface area contributed by atoms with Crippen LogP contribution in [0.15, 0.2) is 0 Å². The zero-order chi connectivity index (χ0) is 5.28. The number of aromatic nitrogens is 2. The molecule has 5 heteroatoms. The van der Waals surface area contributed by atoms with E-state index in [1.165, 1.54) is 11.5 Å². The molecule has 0 spiro atoms. The third-order valence-corrected chi connectivity index (χ3v) is 1.57. The van der Waals surface area contributed by atoms with Crippen LogP contribution in [0.3, 0.4) is 0 Å². The van der Waals surface area contributed by atoms with Gasteiger partial charge in [0.25, 0.3) is 0 Å². The van der Waals surface area contributed by atoms with Gasteiger partial charge in [0.2, 0.25) is 0 Å². The van der Waals surface area contributed by atoms with Crippen LogP contribution in [-0.2, 0) is 0 Å². The summed E-state index contributed by atoms with van der Waals surface area (Å²) in [5.41, 5.74) is 0. The van der Waals surface area contributed by atoms with Gasteiger partial charge in [-0.15, -0.1) is 0 Å². The number of hydrogen-bond acceptors (Lipinski definition) is 3. The van der Waals surface area contributed by atoms with Gasteiger partial charge in [-0.1, -0.05) is 12.2 Å². The summed E-state index contributed by atoms with van der Waals surface area (Å²) in [6, 6.07) is 0. The maximum atomic E-state index is 6.95. The Morgan fingerprint density at radius 3 is 2.57 bits per heavy atom. The Balaban J connectivity index is 3.71. The minimum absolute atomic E-state index is 0.384. The Morgan fingerprint density at radius 2 is 2.43 bits per heavy atom. The lowest BCUT2D eigenvalue weighted by Gasteiger charge is -1.56. The molecule has 0 fully saturated rings. The van der Waals surface area contributed by atoms with Crippen molar-refractivity contribution in [3.8, 4) is 0 Å². The monoisotopic (exact) mass is 133 g/mol. The van der Waals surface area contributed by atoms with Crippen molar-refractivity contribution < 1.29 is 0 Å². The van der Waals surface area contributed by atoms with Gasteiger partial charge in [-0.05, 0) is 11.5 Å². The quantitative estimate of drug-likeness (QED) is 0.446. The van der Waals surface area contributed by atoms with Gasteiger partial charge in [0.1, 0.15) is 0 Å². The molecule has 0 atom stereocenters. The summed E-state index contributed by atoms with van der Waals surface area (Å²) >= 11 is 5.81. The molecule has 0 saturated carbocycles. The van der Waals surface area contributed by atoms with Crippen molar-refractivity contribution in [2.24, 2.45) is 0 Å². The summed E-state index contributed by atoms with van der Waals surface area (Å²) < 4.78 is 3.48. The Morgan fingerprint density at radius 1 is 1.71 bits per heavy atom. The van der Waals surface area contributed by atoms with Gasteiger partial charge >= 0.3 is 0 Å². The molecule has 0 bridgehead atoms. The summed E-state index contributed by atoms with van der Waals surface area (Å²) in [4.78, 5) is 0. The van der Waals surface area contributed by atoms with Gasteiger partial charge in [0.05, 0.1) is 0 Å². The van der Waals surface area contributed by atoms with Crippen molar-refractivity contribution in [3.05, 3.63) is 9.31 Å². The van der Waals surface area contributed by atoms with Crippen molar-refractivity contribution in [1.82, 2.24) is 9.59 Å². The molecule has 0 aliphatic heterocycles. The Bertz CT molecular complexity index is 215. The second kappa shape index (κ2) is 1.59. The minimum atomic E-state index is 0.384. The molecular formula is C2H3N3S2. The molecule has 0 radical (unpaired) electrons. The number of hydrogen-bond donors (Lipinski definition) is 3. The SMILES string of the molecule is N=c1s[nH][nH]c1=S. The molecule has 3 N–H and O–H groups in total. The molecule has 0 amide bonds. The molecule has 38 valence electrons. The molecule has 0 aromatic carbocycles. The molecule has 7 heavy (non-hydrogen) atoms. The predicted octanol–water partition coefficient (Wildman–Crippen LogP) is 0.613. The maximum absolute atomic E-state index is 6.95. The van der Waals surface area contributed by atoms with E-state index >= 15 is 0 Å². The number of rotatable bonds is 0. The molecule has 1 aromatic rings. The lowest BCUT2D eigenvalue weighted by Crippen LogP contribution is -1.86. The topological polar surface area (TPSA) is 55.4 Å². The number of nitrogens with one attached hydrogen (secondary N) is 3. The van der Waals surface area contributed by atoms with E-state index in [1.54, 1.807) is 0 Å². The van der Waals surface area contributed by atoms with Crippen LogP contribution in [0, 0.1) is 10.0 Å². The van der Waals surface area contributed by atoms with Crippen molar-refractivity contribution in [1.29, 1.82) is 5.41 Å². The van der Waals surface area contributed by atoms with Crippen LogP contribution in [0.25, 0.3) is 0 Å². The molecule has 1 aromatic heterocycles. The molecule has 1 heterocycles. The summed E-state index contributed by atoms with van der Waals surface area (Å²) in [5.74, 6) is 0. The Hall–Kier alpha value is -0.420. The van der Waals surface area contributed by atoms with Crippen LogP contribution >= 0.6 is 23.8 Å². The van der Waals surface area contributed by atoms with E-state index in [0.717, 1.165) is 0 Å². The average Bonchev–Trinajstić information content (AvgIpc) is 1.91. The first kappa shape index (κ1) is 4.73. The lowest BCUT2D eigenvalue weighted by molar-refractivity contribution is 1.12. The second-order valence-electron chi connectivity index (χ2n) is 0.987. The first-order valence-electron chi connectivity index (χ1n) is 1.61. The van der Waals surface area contributed by atoms with E-state index in [-0.39, 0.29) is 0 Å². The van der Waals surface area contributed by atoms with E-state index in [1.807, 2.05) is 0 Å². The highest BCUT2D eigenvalue weighted by molar-refractivity contribution is 7.71. The smallest absolute Gasteiger partial charge is 0.162 e. The molecular weight excluding hydrogens is 130 g/mol. The fourth-order valence-corrected chi connectivity index (χ4v) is 0.866. The van der Waals surface area contributed by atoms with Crippen LogP contribution in [0.4, 0.5) is 0 Å². The maximum Gasteiger partial charge on any atom is 0.162 e. The summed E-state index contributed by atoms with van der Waals surface area (Å²) in [5, 5.41) is 9.54. The van der Waals surface area contributed by atoms with Gasteiger partial charge in [-0.25, -0.2) is 0 Å². The fraction of sp³-hybridized carbons (Fsp3) is 0. The Labute approximate surface area is 48.7 Å². The standard InChI is InChI=1S/C2H3N3S2/c3-1-2(6)4-5-7-1/h3,5H,(H,4,6). The molecule has 1 rings (SSSR count). The van der Waals surface area contributed by atoms with Crippen molar-refractivity contribution >= 4 is 23.8 Å². The van der Waals surface area contributed by atoms with E-state index in [9.17, 15) is 0 Å². The zero-order valence-electron chi connectivity index (χ0n) is 3.32. The van der Waals surface area contributed by atoms with Crippen molar-refractivity contribution in [2.45, 2.75) is 0 Å². The van der Waals surface area contributed by atoms with E-state index in [4.69, 9.17) is 5.41 Å². The molecule has 0 aliphatic carbocycles. The summed E-state index contributed by atoms with van der Waals surface area (Å²) in [7, 11) is 0. The Kier molecular flexibility index (Phi) is 1.07. The van der Waals surface area contributed by atoms with Crippen LogP contribution < -0.4 is 4.67 Å². The van der Waals surface area contributed by atoms with Gasteiger partial charge in [-0.2, -0.15) is 0 Å². The molecule has 3 nitrogen and oxygen atoms in total. The van der Waals surface area contributed by atoms with E-state index < -0.39 is 0 Å². The third-order valence-electron chi connectivity index (χ3n) is 0.524. The highest BCUT2D eigenvalue weighted by Gasteiger charge is 1.77. The zero-order valence-corrected chi connectivity index (χ0v) is 4.95. The molecule has 0 aliphatic rings. The van der Waals surface area contributed by atoms with E-state index in [2.05, 4.69) is 21.8 Å². The van der Waals surface area contributed by atoms with Gasteiger partial charge in [-0.3, -0.25) is 15.0 Å². The first-order chi connectivity index (χ1) is 3.30. The average molecular weight is 133 g/mol. The normalized spacial score (nSPS) is 9.14. The van der Waals surface area contributed by atoms with Crippen molar-refractivity contribution in [3.63, 3.8) is 0 Å². The molecule has 0 unspecified atom stereocenters. The van der Waals surface area contributed by atoms with Gasteiger partial charge in [0, 0.05) is 0 Å². The number of aromatic amines is 2. The van der Waals surface area contributed by atoms with Crippen LogP contribution in [0.2, 0.25) is 0 Å². The first-order valence-corrected chi connectivity index (χ1v) is 2.84. The largest absolute Gasteiger partial charge is 0.287 e. The van der Waals surface area contributed by atoms with E-state index in [0.29, 0.717) is 9.31 Å². The minimum Gasteiger partial charge on any atom is -0.287 e. The van der Waals surface area contributed by atoms with Gasteiger partial charge in [0.15, 0.2) is 9.31 Å². The third kappa shape index (κ3) is 0.779. The van der Waals surface area contributed by atoms with Crippen LogP contribution in [0.5, 0.6) is 0 Å². The van der Waals surface area contributed by atoms with Crippen LogP contribution in [0.1, 0.15) is 0 Å². The highest BCUT2D eigenvalue weighted by atomic mass is 32.1. The van der Waals surface area contributed by atoms with Gasteiger partial charge < -0.3 is 0 Å². The predicted molar refractivity (Wildman–Crippen MR) is 29.7 cm³/mol. The van der Waals surface area contributed by atoms with Crippen LogP contribution in [-0.4, -0.2) is 9.59 Å².